The van der Waals surface area contributed by atoms with E-state index in [-0.39, 0.29) is 6.10 Å². The molecular weight excluding hydrogens is 212 g/mol. The highest BCUT2D eigenvalue weighted by Crippen LogP contribution is 2.26. The molecular formula is C14H16N2O. The SMILES string of the molecule is CC(C)Oc1ccc(-c2ccncc2N)cc1. The van der Waals surface area contributed by atoms with Crippen molar-refractivity contribution >= 4 is 5.69 Å². The van der Waals surface area contributed by atoms with Crippen LogP contribution >= 0.6 is 0 Å². The average molecular weight is 228 g/mol. The van der Waals surface area contributed by atoms with Gasteiger partial charge >= 0.3 is 0 Å². The molecule has 3 heteroatoms. The minimum Gasteiger partial charge on any atom is -0.491 e. The molecule has 0 saturated carbocycles. The second-order valence-corrected chi connectivity index (χ2v) is 4.15. The molecule has 0 amide bonds. The van der Waals surface area contributed by atoms with Crippen molar-refractivity contribution in [3.05, 3.63) is 42.7 Å². The maximum Gasteiger partial charge on any atom is 0.119 e. The Bertz CT molecular complexity index is 492. The third-order valence-corrected chi connectivity index (χ3v) is 2.39. The van der Waals surface area contributed by atoms with Gasteiger partial charge in [-0.15, -0.1) is 0 Å². The molecule has 2 N–H and O–H groups in total. The third kappa shape index (κ3) is 2.75. The summed E-state index contributed by atoms with van der Waals surface area (Å²) in [5.41, 5.74) is 8.63. The topological polar surface area (TPSA) is 48.1 Å². The number of rotatable bonds is 3. The molecule has 1 aromatic heterocycles. The van der Waals surface area contributed by atoms with Crippen LogP contribution in [0.4, 0.5) is 5.69 Å². The van der Waals surface area contributed by atoms with E-state index < -0.39 is 0 Å². The van der Waals surface area contributed by atoms with Crippen molar-refractivity contribution in [1.29, 1.82) is 0 Å². The largest absolute Gasteiger partial charge is 0.491 e. The molecule has 0 aliphatic rings. The Morgan fingerprint density at radius 2 is 1.82 bits per heavy atom. The lowest BCUT2D eigenvalue weighted by Crippen LogP contribution is -2.05. The van der Waals surface area contributed by atoms with Crippen molar-refractivity contribution in [2.75, 3.05) is 5.73 Å². The molecule has 0 atom stereocenters. The Kier molecular flexibility index (Phi) is 3.28. The predicted molar refractivity (Wildman–Crippen MR) is 69.8 cm³/mol. The summed E-state index contributed by atoms with van der Waals surface area (Å²) in [6.07, 6.45) is 3.59. The summed E-state index contributed by atoms with van der Waals surface area (Å²) in [7, 11) is 0. The molecule has 88 valence electrons. The second-order valence-electron chi connectivity index (χ2n) is 4.15. The van der Waals surface area contributed by atoms with Gasteiger partial charge in [0, 0.05) is 11.8 Å². The summed E-state index contributed by atoms with van der Waals surface area (Å²) in [6, 6.07) is 9.82. The molecule has 0 saturated heterocycles. The van der Waals surface area contributed by atoms with Crippen LogP contribution in [0.1, 0.15) is 13.8 Å². The van der Waals surface area contributed by atoms with Crippen LogP contribution in [-0.2, 0) is 0 Å². The van der Waals surface area contributed by atoms with E-state index in [0.29, 0.717) is 5.69 Å². The Labute approximate surface area is 101 Å². The smallest absolute Gasteiger partial charge is 0.119 e. The van der Waals surface area contributed by atoms with Crippen molar-refractivity contribution in [2.45, 2.75) is 20.0 Å². The molecule has 0 spiro atoms. The van der Waals surface area contributed by atoms with Gasteiger partial charge < -0.3 is 10.5 Å². The number of nitrogens with zero attached hydrogens (tertiary/aromatic N) is 1. The molecule has 0 bridgehead atoms. The zero-order chi connectivity index (χ0) is 12.3. The first-order chi connectivity index (χ1) is 8.16. The highest BCUT2D eigenvalue weighted by molar-refractivity contribution is 5.75. The average Bonchev–Trinajstić information content (AvgIpc) is 2.30. The normalized spacial score (nSPS) is 10.5. The van der Waals surface area contributed by atoms with Crippen molar-refractivity contribution in [1.82, 2.24) is 4.98 Å². The number of anilines is 1. The molecule has 17 heavy (non-hydrogen) atoms. The summed E-state index contributed by atoms with van der Waals surface area (Å²) in [4.78, 5) is 3.98. The predicted octanol–water partition coefficient (Wildman–Crippen LogP) is 3.12. The Hall–Kier alpha value is -2.03. The third-order valence-electron chi connectivity index (χ3n) is 2.39. The minimum absolute atomic E-state index is 0.187. The van der Waals surface area contributed by atoms with E-state index in [0.717, 1.165) is 16.9 Å². The van der Waals surface area contributed by atoms with E-state index in [2.05, 4.69) is 4.98 Å². The first-order valence-corrected chi connectivity index (χ1v) is 5.63. The van der Waals surface area contributed by atoms with Gasteiger partial charge in [-0.05, 0) is 37.6 Å². The maximum atomic E-state index is 5.88. The molecule has 2 rings (SSSR count). The number of nitrogens with two attached hydrogens (primary N) is 1. The molecule has 0 aliphatic heterocycles. The van der Waals surface area contributed by atoms with Crippen molar-refractivity contribution in [2.24, 2.45) is 0 Å². The lowest BCUT2D eigenvalue weighted by atomic mass is 10.1. The number of hydrogen-bond donors (Lipinski definition) is 1. The number of benzene rings is 1. The highest BCUT2D eigenvalue weighted by atomic mass is 16.5. The number of ether oxygens (including phenoxy) is 1. The van der Waals surface area contributed by atoms with Crippen LogP contribution in [0.3, 0.4) is 0 Å². The fourth-order valence-electron chi connectivity index (χ4n) is 1.65. The van der Waals surface area contributed by atoms with E-state index >= 15 is 0 Å². The van der Waals surface area contributed by atoms with Crippen molar-refractivity contribution in [3.63, 3.8) is 0 Å². The summed E-state index contributed by atoms with van der Waals surface area (Å²) in [6.45, 7) is 4.02. The second kappa shape index (κ2) is 4.87. The van der Waals surface area contributed by atoms with Gasteiger partial charge in [-0.2, -0.15) is 0 Å². The zero-order valence-corrected chi connectivity index (χ0v) is 10.1. The van der Waals surface area contributed by atoms with Gasteiger partial charge in [0.05, 0.1) is 18.0 Å². The minimum atomic E-state index is 0.187. The van der Waals surface area contributed by atoms with Crippen molar-refractivity contribution < 1.29 is 4.74 Å². The maximum absolute atomic E-state index is 5.88. The molecule has 3 nitrogen and oxygen atoms in total. The van der Waals surface area contributed by atoms with Crippen LogP contribution in [-0.4, -0.2) is 11.1 Å². The standard InChI is InChI=1S/C14H16N2O/c1-10(2)17-12-5-3-11(4-6-12)13-7-8-16-9-14(13)15/h3-10H,15H2,1-2H3. The van der Waals surface area contributed by atoms with Crippen LogP contribution in [0.5, 0.6) is 5.75 Å². The van der Waals surface area contributed by atoms with E-state index in [1.807, 2.05) is 44.2 Å². The van der Waals surface area contributed by atoms with Gasteiger partial charge in [-0.1, -0.05) is 12.1 Å². The zero-order valence-electron chi connectivity index (χ0n) is 10.1. The lowest BCUT2D eigenvalue weighted by molar-refractivity contribution is 0.242. The fraction of sp³-hybridized carbons (Fsp3) is 0.214. The lowest BCUT2D eigenvalue weighted by Gasteiger charge is -2.10. The van der Waals surface area contributed by atoms with E-state index in [1.165, 1.54) is 0 Å². The van der Waals surface area contributed by atoms with E-state index in [9.17, 15) is 0 Å². The van der Waals surface area contributed by atoms with Crippen LogP contribution in [0.2, 0.25) is 0 Å². The first kappa shape index (κ1) is 11.5. The van der Waals surface area contributed by atoms with Crippen LogP contribution in [0.25, 0.3) is 11.1 Å². The van der Waals surface area contributed by atoms with Gasteiger partial charge in [0.15, 0.2) is 0 Å². The Balaban J connectivity index is 2.27. The molecule has 0 aliphatic carbocycles. The fourth-order valence-corrected chi connectivity index (χ4v) is 1.65. The Morgan fingerprint density at radius 3 is 2.41 bits per heavy atom. The van der Waals surface area contributed by atoms with E-state index in [1.54, 1.807) is 12.4 Å². The molecule has 0 fully saturated rings. The number of hydrogen-bond acceptors (Lipinski definition) is 3. The van der Waals surface area contributed by atoms with Gasteiger partial charge in [-0.25, -0.2) is 0 Å². The molecule has 0 unspecified atom stereocenters. The number of aromatic nitrogens is 1. The summed E-state index contributed by atoms with van der Waals surface area (Å²) < 4.78 is 5.59. The van der Waals surface area contributed by atoms with E-state index in [4.69, 9.17) is 10.5 Å². The summed E-state index contributed by atoms with van der Waals surface area (Å²) >= 11 is 0. The van der Waals surface area contributed by atoms with Gasteiger partial charge in [-0.3, -0.25) is 4.98 Å². The highest BCUT2D eigenvalue weighted by Gasteiger charge is 2.03. The molecule has 1 heterocycles. The van der Waals surface area contributed by atoms with Crippen LogP contribution < -0.4 is 10.5 Å². The summed E-state index contributed by atoms with van der Waals surface area (Å²) in [5, 5.41) is 0. The number of nitrogen functional groups attached to an aromatic ring is 1. The van der Waals surface area contributed by atoms with Gasteiger partial charge in [0.25, 0.3) is 0 Å². The van der Waals surface area contributed by atoms with Gasteiger partial charge in [0.2, 0.25) is 0 Å². The quantitative estimate of drug-likeness (QED) is 0.878. The molecule has 2 aromatic rings. The molecule has 0 radical (unpaired) electrons. The van der Waals surface area contributed by atoms with Crippen LogP contribution in [0.15, 0.2) is 42.7 Å². The first-order valence-electron chi connectivity index (χ1n) is 5.63. The number of pyridine rings is 1. The van der Waals surface area contributed by atoms with Crippen molar-refractivity contribution in [3.8, 4) is 16.9 Å². The molecule has 1 aromatic carbocycles. The monoisotopic (exact) mass is 228 g/mol. The van der Waals surface area contributed by atoms with Gasteiger partial charge in [0.1, 0.15) is 5.75 Å². The Morgan fingerprint density at radius 1 is 1.12 bits per heavy atom. The van der Waals surface area contributed by atoms with Crippen LogP contribution in [0, 0.1) is 0 Å². The summed E-state index contributed by atoms with van der Waals surface area (Å²) in [5.74, 6) is 0.872.